The van der Waals surface area contributed by atoms with E-state index < -0.39 is 0 Å². The molecule has 8 heteroatoms. The summed E-state index contributed by atoms with van der Waals surface area (Å²) in [6, 6.07) is 168. The van der Waals surface area contributed by atoms with Crippen LogP contribution in [0.2, 0.25) is 0 Å². The first-order chi connectivity index (χ1) is 68.9. The third-order valence-electron chi connectivity index (χ3n) is 30.1. The van der Waals surface area contributed by atoms with E-state index in [-0.39, 0.29) is 10.8 Å². The minimum Gasteiger partial charge on any atom is -0.309 e. The number of fused-ring (bicyclic) bond motifs is 24. The molecule has 6 aromatic heterocycles. The number of hydrogen-bond donors (Lipinski definition) is 0. The van der Waals surface area contributed by atoms with E-state index in [1.54, 1.807) is 0 Å². The summed E-state index contributed by atoms with van der Waals surface area (Å²) < 4.78 is 9.78. The van der Waals surface area contributed by atoms with Crippen molar-refractivity contribution in [3.63, 3.8) is 0 Å². The van der Waals surface area contributed by atoms with Crippen molar-refractivity contribution in [1.29, 1.82) is 0 Å². The molecule has 0 saturated heterocycles. The Morgan fingerprint density at radius 3 is 0.921 bits per heavy atom. The predicted molar refractivity (Wildman–Crippen MR) is 585 cm³/mol. The summed E-state index contributed by atoms with van der Waals surface area (Å²) in [5.74, 6) is 0. The molecule has 6 heterocycles. The number of rotatable bonds is 11. The monoisotopic (exact) mass is 1780 g/mol. The van der Waals surface area contributed by atoms with Crippen LogP contribution in [0.25, 0.3) is 254 Å². The van der Waals surface area contributed by atoms with E-state index in [4.69, 9.17) is 19.9 Å². The Kier molecular flexibility index (Phi) is 18.0. The second kappa shape index (κ2) is 31.3. The average molecular weight is 1790 g/mol. The maximum absolute atomic E-state index is 5.76. The fraction of sp³-hybridized carbons (Fsp3) is 0.0455. The topological polar surface area (TPSA) is 71.3 Å². The van der Waals surface area contributed by atoms with Gasteiger partial charge in [-0.25, -0.2) is 19.9 Å². The first-order valence-corrected chi connectivity index (χ1v) is 48.4. The number of nitrogens with zero attached hydrogens (tertiary/aromatic N) is 8. The Morgan fingerprint density at radius 1 is 0.157 bits per heavy atom. The van der Waals surface area contributed by atoms with Gasteiger partial charge >= 0.3 is 0 Å². The minimum atomic E-state index is -0.172. The molecule has 0 unspecified atom stereocenters. The van der Waals surface area contributed by atoms with Crippen LogP contribution in [0.4, 0.5) is 0 Å². The smallest absolute Gasteiger partial charge is 0.0973 e. The number of benzene rings is 21. The molecule has 0 spiro atoms. The van der Waals surface area contributed by atoms with Gasteiger partial charge < -0.3 is 18.3 Å². The van der Waals surface area contributed by atoms with Gasteiger partial charge in [0.25, 0.3) is 0 Å². The van der Waals surface area contributed by atoms with Crippen LogP contribution in [0, 0.1) is 0 Å². The van der Waals surface area contributed by atoms with Crippen LogP contribution in [0.3, 0.4) is 0 Å². The molecular formula is C132H88N8. The zero-order chi connectivity index (χ0) is 92.7. The SMILES string of the molecule is CC1(C)c2ccccc2-c2ccc(-c3nc4ccc(-n5c6ccccc6c6cc7c8c9ccccc9c(-c9ccccc9)cc8n(-c8ccccc8)c7cc65)cc4nc3-c3ccc4c(c3)C(C)(C)c3ccccc3-4)cc21.c1ccc(-c2cccc(-c3nc4cc(-n5c6ccccc6c6cc7c8c9ccccc9c(-c9ccccc9)cc8n(-c8ccccc8)c7cc65)ccc4nc3-c3ccccc3)c2)cc1. The van der Waals surface area contributed by atoms with Crippen molar-refractivity contribution in [2.75, 3.05) is 0 Å². The Morgan fingerprint density at radius 2 is 0.479 bits per heavy atom. The summed E-state index contributed by atoms with van der Waals surface area (Å²) in [5, 5.41) is 14.8. The van der Waals surface area contributed by atoms with Crippen molar-refractivity contribution < 1.29 is 0 Å². The Hall–Kier alpha value is -18.0. The van der Waals surface area contributed by atoms with E-state index in [9.17, 15) is 0 Å². The van der Waals surface area contributed by atoms with Gasteiger partial charge in [-0.05, 0) is 227 Å². The van der Waals surface area contributed by atoms with Gasteiger partial charge in [-0.15, -0.1) is 0 Å². The fourth-order valence-corrected chi connectivity index (χ4v) is 23.6. The molecule has 0 atom stereocenters. The molecule has 0 saturated carbocycles. The molecule has 29 rings (SSSR count). The maximum Gasteiger partial charge on any atom is 0.0973 e. The number of hydrogen-bond acceptors (Lipinski definition) is 4. The lowest BCUT2D eigenvalue weighted by molar-refractivity contribution is 0.660. The highest BCUT2D eigenvalue weighted by molar-refractivity contribution is 6.29. The molecule has 656 valence electrons. The van der Waals surface area contributed by atoms with E-state index >= 15 is 0 Å². The zero-order valence-corrected chi connectivity index (χ0v) is 77.5. The largest absolute Gasteiger partial charge is 0.309 e. The summed E-state index contributed by atoms with van der Waals surface area (Å²) >= 11 is 0. The van der Waals surface area contributed by atoms with E-state index in [1.165, 1.54) is 148 Å². The molecule has 2 aliphatic rings. The van der Waals surface area contributed by atoms with Crippen LogP contribution in [0.15, 0.2) is 461 Å². The van der Waals surface area contributed by atoms with Crippen LogP contribution in [-0.4, -0.2) is 38.2 Å². The standard InChI is InChI=1S/C72H50N4.C60H38N4/c1-71(2)58-28-16-13-24-49(58)51-34-31-44(37-60(51)71)69-70(45-32-35-52-50-25-14-17-29-59(50)72(3,4)61(52)38-45)74-63-39-47(33-36-62(63)73-69)76-64-30-18-15-26-53(64)56-40-57-66(42-65(56)76)75(46-21-9-6-10-22-46)67-41-55(43-19-7-5-8-20-43)48-23-11-12-27-54(48)68(57)67;1-5-18-39(19-6-1)42-24-17-25-43(34-42)60-59(41-22-9-3-10-23-41)61-52-33-32-45(35-53(52)62-60)64-54-31-16-15-29-47(54)50-36-51-56(38-55(50)64)63(44-26-11-4-12-27-44)57-37-49(40-20-7-2-8-21-40)46-28-13-14-30-48(46)58(51)57/h5-42H,1-4H3;1-38H. The molecular weight excluding hydrogens is 1700 g/mol. The van der Waals surface area contributed by atoms with Crippen molar-refractivity contribution in [1.82, 2.24) is 38.2 Å². The fourth-order valence-electron chi connectivity index (χ4n) is 23.6. The summed E-state index contributed by atoms with van der Waals surface area (Å²) in [5.41, 5.74) is 42.0. The van der Waals surface area contributed by atoms with Crippen LogP contribution in [0.5, 0.6) is 0 Å². The highest BCUT2D eigenvalue weighted by atomic mass is 15.0. The van der Waals surface area contributed by atoms with Gasteiger partial charge in [0, 0.05) is 98.9 Å². The molecule has 140 heavy (non-hydrogen) atoms. The average Bonchev–Trinajstić information content (AvgIpc) is 1.55. The molecule has 0 radical (unpaired) electrons. The molecule has 2 aliphatic carbocycles. The lowest BCUT2D eigenvalue weighted by Gasteiger charge is -2.23. The Bertz CT molecular complexity index is 9850. The third kappa shape index (κ3) is 12.4. The summed E-state index contributed by atoms with van der Waals surface area (Å²) in [7, 11) is 0. The van der Waals surface area contributed by atoms with Crippen molar-refractivity contribution in [2.24, 2.45) is 0 Å². The number of aromatic nitrogens is 8. The van der Waals surface area contributed by atoms with Crippen LogP contribution in [-0.2, 0) is 10.8 Å². The summed E-state index contributed by atoms with van der Waals surface area (Å²) in [4.78, 5) is 22.3. The first kappa shape index (κ1) is 80.5. The quantitative estimate of drug-likeness (QED) is 0.129. The Labute approximate surface area is 808 Å². The van der Waals surface area contributed by atoms with E-state index in [0.717, 1.165) is 129 Å². The van der Waals surface area contributed by atoms with E-state index in [0.29, 0.717) is 0 Å². The van der Waals surface area contributed by atoms with E-state index in [1.807, 2.05) is 6.07 Å². The second-order valence-electron chi connectivity index (χ2n) is 38.6. The van der Waals surface area contributed by atoms with Crippen molar-refractivity contribution >= 4 is 131 Å². The van der Waals surface area contributed by atoms with Crippen molar-refractivity contribution in [3.05, 3.63) is 483 Å². The lowest BCUT2D eigenvalue weighted by atomic mass is 9.81. The second-order valence-corrected chi connectivity index (χ2v) is 38.6. The van der Waals surface area contributed by atoms with Crippen LogP contribution >= 0.6 is 0 Å². The highest BCUT2D eigenvalue weighted by Gasteiger charge is 2.39. The first-order valence-electron chi connectivity index (χ1n) is 48.4. The van der Waals surface area contributed by atoms with Gasteiger partial charge in [0.05, 0.1) is 89.0 Å². The van der Waals surface area contributed by atoms with Gasteiger partial charge in [0.2, 0.25) is 0 Å². The van der Waals surface area contributed by atoms with Crippen molar-refractivity contribution in [2.45, 2.75) is 38.5 Å². The highest BCUT2D eigenvalue weighted by Crippen LogP contribution is 2.55. The summed E-state index contributed by atoms with van der Waals surface area (Å²) in [6.07, 6.45) is 0. The number of para-hydroxylation sites is 4. The van der Waals surface area contributed by atoms with Crippen molar-refractivity contribution in [3.8, 4) is 123 Å². The Balaban J connectivity index is 0.000000139. The third-order valence-corrected chi connectivity index (χ3v) is 30.1. The molecule has 8 nitrogen and oxygen atoms in total. The van der Waals surface area contributed by atoms with Crippen LogP contribution in [0.1, 0.15) is 49.9 Å². The maximum atomic E-state index is 5.76. The zero-order valence-electron chi connectivity index (χ0n) is 77.5. The van der Waals surface area contributed by atoms with E-state index in [2.05, 4.69) is 501 Å². The molecule has 27 aromatic rings. The normalized spacial score (nSPS) is 13.0. The van der Waals surface area contributed by atoms with Gasteiger partial charge in [0.15, 0.2) is 0 Å². The molecule has 21 aromatic carbocycles. The minimum absolute atomic E-state index is 0.160. The molecule has 0 fully saturated rings. The van der Waals surface area contributed by atoms with Gasteiger partial charge in [0.1, 0.15) is 0 Å². The lowest BCUT2D eigenvalue weighted by Crippen LogP contribution is -2.15. The van der Waals surface area contributed by atoms with Crippen LogP contribution < -0.4 is 0 Å². The summed E-state index contributed by atoms with van der Waals surface area (Å²) in [6.45, 7) is 9.40. The molecule has 0 aliphatic heterocycles. The van der Waals surface area contributed by atoms with Gasteiger partial charge in [-0.1, -0.05) is 361 Å². The molecule has 0 N–H and O–H groups in total. The predicted octanol–water partition coefficient (Wildman–Crippen LogP) is 34.2. The van der Waals surface area contributed by atoms with Gasteiger partial charge in [-0.3, -0.25) is 0 Å². The van der Waals surface area contributed by atoms with Gasteiger partial charge in [-0.2, -0.15) is 0 Å². The molecule has 0 amide bonds. The molecule has 0 bridgehead atoms.